The molecule has 282 valence electrons. The number of hydrogen-bond acceptors (Lipinski definition) is 13. The van der Waals surface area contributed by atoms with E-state index in [1.165, 1.54) is 0 Å². The fourth-order valence-corrected chi connectivity index (χ4v) is 3.89. The number of carboxylic acid groups (broad SMARTS) is 4. The van der Waals surface area contributed by atoms with Gasteiger partial charge in [-0.25, -0.2) is 4.79 Å². The minimum atomic E-state index is -1.87. The highest BCUT2D eigenvalue weighted by molar-refractivity contribution is 5.97. The highest BCUT2D eigenvalue weighted by atomic mass is 16.4. The molecule has 50 heavy (non-hydrogen) atoms. The largest absolute Gasteiger partial charge is 0.481 e. The quantitative estimate of drug-likeness (QED) is 0.0370. The first-order valence-corrected chi connectivity index (χ1v) is 15.1. The Kier molecular flexibility index (Phi) is 21.2. The van der Waals surface area contributed by atoms with Gasteiger partial charge in [0.2, 0.25) is 35.4 Å². The summed E-state index contributed by atoms with van der Waals surface area (Å²) in [6.07, 6.45) is -2.94. The van der Waals surface area contributed by atoms with Crippen LogP contribution in [0.25, 0.3) is 0 Å². The van der Waals surface area contributed by atoms with E-state index in [2.05, 4.69) is 26.6 Å². The predicted molar refractivity (Wildman–Crippen MR) is 165 cm³/mol. The number of aliphatic hydroxyl groups excluding tert-OH is 1. The maximum Gasteiger partial charge on any atom is 0.326 e. The number of aliphatic carboxylic acids is 4. The van der Waals surface area contributed by atoms with E-state index in [9.17, 15) is 58.2 Å². The molecule has 15 N–H and O–H groups in total. The Labute approximate surface area is 284 Å². The van der Waals surface area contributed by atoms with E-state index in [4.69, 9.17) is 26.8 Å². The van der Waals surface area contributed by atoms with Crippen molar-refractivity contribution < 1.29 is 73.5 Å². The molecular formula is C27H44N8O15. The minimum Gasteiger partial charge on any atom is -0.481 e. The summed E-state index contributed by atoms with van der Waals surface area (Å²) < 4.78 is 0. The van der Waals surface area contributed by atoms with Crippen LogP contribution in [0.15, 0.2) is 0 Å². The van der Waals surface area contributed by atoms with Gasteiger partial charge in [0.1, 0.15) is 30.2 Å². The van der Waals surface area contributed by atoms with Crippen LogP contribution in [0.5, 0.6) is 0 Å². The summed E-state index contributed by atoms with van der Waals surface area (Å²) in [4.78, 5) is 120. The van der Waals surface area contributed by atoms with Crippen molar-refractivity contribution in [3.63, 3.8) is 0 Å². The average molecular weight is 721 g/mol. The van der Waals surface area contributed by atoms with E-state index in [0.717, 1.165) is 0 Å². The van der Waals surface area contributed by atoms with Crippen LogP contribution in [-0.4, -0.2) is 141 Å². The molecule has 0 saturated heterocycles. The molecule has 0 saturated carbocycles. The van der Waals surface area contributed by atoms with Crippen LogP contribution in [0.1, 0.15) is 51.4 Å². The van der Waals surface area contributed by atoms with Crippen LogP contribution >= 0.6 is 0 Å². The Morgan fingerprint density at radius 2 is 1.02 bits per heavy atom. The molecule has 0 aromatic rings. The predicted octanol–water partition coefficient (Wildman–Crippen LogP) is -6.10. The second-order valence-corrected chi connectivity index (χ2v) is 10.7. The number of carbonyl (C=O) groups excluding carboxylic acids is 6. The van der Waals surface area contributed by atoms with Crippen LogP contribution in [0.4, 0.5) is 0 Å². The van der Waals surface area contributed by atoms with Crippen molar-refractivity contribution in [2.24, 2.45) is 11.5 Å². The summed E-state index contributed by atoms with van der Waals surface area (Å²) in [6, 6.07) is -8.02. The molecule has 5 atom stereocenters. The smallest absolute Gasteiger partial charge is 0.326 e. The lowest BCUT2D eigenvalue weighted by Crippen LogP contribution is -2.58. The third kappa shape index (κ3) is 19.4. The molecule has 0 rings (SSSR count). The maximum atomic E-state index is 13.3. The zero-order valence-electron chi connectivity index (χ0n) is 26.8. The Morgan fingerprint density at radius 3 is 1.50 bits per heavy atom. The number of hydrogen-bond donors (Lipinski definition) is 13. The van der Waals surface area contributed by atoms with E-state index in [1.54, 1.807) is 0 Å². The lowest BCUT2D eigenvalue weighted by molar-refractivity contribution is -0.143. The molecule has 0 aromatic heterocycles. The molecule has 0 spiro atoms. The zero-order chi connectivity index (χ0) is 38.4. The lowest BCUT2D eigenvalue weighted by atomic mass is 10.0. The molecule has 6 amide bonds. The molecule has 0 fully saturated rings. The van der Waals surface area contributed by atoms with Crippen LogP contribution in [0.2, 0.25) is 0 Å². The molecule has 0 unspecified atom stereocenters. The molecule has 0 aliphatic rings. The van der Waals surface area contributed by atoms with Gasteiger partial charge in [-0.2, -0.15) is 0 Å². The van der Waals surface area contributed by atoms with Gasteiger partial charge in [0.25, 0.3) is 0 Å². The number of nitrogens with two attached hydrogens (primary N) is 2. The van der Waals surface area contributed by atoms with E-state index >= 15 is 0 Å². The summed E-state index contributed by atoms with van der Waals surface area (Å²) in [5.74, 6) is -12.2. The van der Waals surface area contributed by atoms with E-state index < -0.39 is 141 Å². The molecular weight excluding hydrogens is 676 g/mol. The van der Waals surface area contributed by atoms with Crippen molar-refractivity contribution in [1.82, 2.24) is 31.9 Å². The van der Waals surface area contributed by atoms with E-state index in [0.29, 0.717) is 6.42 Å². The van der Waals surface area contributed by atoms with E-state index in [1.807, 2.05) is 5.32 Å². The average Bonchev–Trinajstić information content (AvgIpc) is 3.04. The summed E-state index contributed by atoms with van der Waals surface area (Å²) in [5.41, 5.74) is 10.8. The van der Waals surface area contributed by atoms with E-state index in [-0.39, 0.29) is 19.4 Å². The van der Waals surface area contributed by atoms with Gasteiger partial charge in [-0.1, -0.05) is 0 Å². The van der Waals surface area contributed by atoms with Gasteiger partial charge in [-0.05, 0) is 38.6 Å². The highest BCUT2D eigenvalue weighted by Gasteiger charge is 2.32. The van der Waals surface area contributed by atoms with Crippen molar-refractivity contribution in [1.29, 1.82) is 0 Å². The zero-order valence-corrected chi connectivity index (χ0v) is 26.8. The number of unbranched alkanes of at least 4 members (excludes halogenated alkanes) is 1. The van der Waals surface area contributed by atoms with Gasteiger partial charge < -0.3 is 68.9 Å². The third-order valence-electron chi connectivity index (χ3n) is 6.55. The van der Waals surface area contributed by atoms with Crippen LogP contribution in [0, 0.1) is 0 Å². The van der Waals surface area contributed by atoms with Crippen molar-refractivity contribution in [2.75, 3.05) is 26.2 Å². The van der Waals surface area contributed by atoms with Gasteiger partial charge in [-0.15, -0.1) is 0 Å². The molecule has 0 bridgehead atoms. The van der Waals surface area contributed by atoms with Crippen molar-refractivity contribution in [3.05, 3.63) is 0 Å². The maximum absolute atomic E-state index is 13.3. The Balaban J connectivity index is 5.82. The molecule has 0 aromatic carbocycles. The van der Waals surface area contributed by atoms with Gasteiger partial charge >= 0.3 is 23.9 Å². The van der Waals surface area contributed by atoms with Gasteiger partial charge in [0, 0.05) is 12.8 Å². The fourth-order valence-electron chi connectivity index (χ4n) is 3.89. The summed E-state index contributed by atoms with van der Waals surface area (Å²) in [5, 5.41) is 58.3. The topological polar surface area (TPSA) is 396 Å². The highest BCUT2D eigenvalue weighted by Crippen LogP contribution is 2.07. The van der Waals surface area contributed by atoms with Crippen LogP contribution in [0.3, 0.4) is 0 Å². The van der Waals surface area contributed by atoms with Crippen LogP contribution < -0.4 is 43.4 Å². The first-order chi connectivity index (χ1) is 23.4. The minimum absolute atomic E-state index is 0.110. The van der Waals surface area contributed by atoms with Crippen molar-refractivity contribution >= 4 is 59.3 Å². The molecule has 23 nitrogen and oxygen atoms in total. The monoisotopic (exact) mass is 720 g/mol. The molecule has 0 aliphatic heterocycles. The van der Waals surface area contributed by atoms with Crippen molar-refractivity contribution in [2.45, 2.75) is 81.6 Å². The summed E-state index contributed by atoms with van der Waals surface area (Å²) in [6.45, 7) is -1.97. The first kappa shape index (κ1) is 44.6. The molecule has 0 radical (unpaired) electrons. The standard InChI is InChI=1S/C27H44N8O15/c28-8-2-1-3-14(24(46)35-16(27(49)50)5-7-21(41)42)33-25(47)15(4-6-20(39)40)34-26(48)17(9-22(43)44)32-19(38)11-30-18(37)10-31-23(45)13(29)12-36/h13-17,36H,1-12,28-29H2,(H,30,37)(H,31,45)(H,32,38)(H,33,47)(H,34,48)(H,35,46)(H,39,40)(H,41,42)(H,43,44)(H,49,50)/t13-,14-,15-,16-,17-/m0/s1. The van der Waals surface area contributed by atoms with Crippen molar-refractivity contribution in [3.8, 4) is 0 Å². The Hall–Kier alpha value is -5.42. The number of carboxylic acids is 4. The second kappa shape index (κ2) is 23.8. The summed E-state index contributed by atoms with van der Waals surface area (Å²) >= 11 is 0. The SMILES string of the molecule is NCCCC[C@H](NC(=O)[C@H](CCC(=O)O)NC(=O)[C@H](CC(=O)O)NC(=O)CNC(=O)CNC(=O)[C@@H](N)CO)C(=O)N[C@@H](CCC(=O)O)C(=O)O. The second-order valence-electron chi connectivity index (χ2n) is 10.7. The molecule has 23 heteroatoms. The number of rotatable bonds is 26. The number of aliphatic hydroxyl groups is 1. The van der Waals surface area contributed by atoms with Gasteiger partial charge in [-0.3, -0.25) is 43.2 Å². The third-order valence-corrected chi connectivity index (χ3v) is 6.55. The molecule has 0 aliphatic carbocycles. The first-order valence-electron chi connectivity index (χ1n) is 15.1. The lowest BCUT2D eigenvalue weighted by Gasteiger charge is -2.25. The number of nitrogens with one attached hydrogen (secondary N) is 6. The van der Waals surface area contributed by atoms with Gasteiger partial charge in [0.05, 0.1) is 26.1 Å². The fraction of sp³-hybridized carbons (Fsp3) is 0.630. The molecule has 0 heterocycles. The number of carbonyl (C=O) groups is 10. The Bertz CT molecular complexity index is 1250. The summed E-state index contributed by atoms with van der Waals surface area (Å²) in [7, 11) is 0. The Morgan fingerprint density at radius 1 is 0.540 bits per heavy atom. The van der Waals surface area contributed by atoms with Crippen LogP contribution in [-0.2, 0) is 47.9 Å². The van der Waals surface area contributed by atoms with Gasteiger partial charge in [0.15, 0.2) is 0 Å². The normalized spacial score (nSPS) is 13.6. The number of amides is 6.